The standard InChI is InChI=1S/C16H20N4O/c1-10(2)21-15-6-11(3)18-16(19-15)20-8-12-4-5-14(17)7-13(12)9-20/h4-7,10H,8-9,17H2,1-3H3. The van der Waals surface area contributed by atoms with E-state index in [2.05, 4.69) is 20.9 Å². The van der Waals surface area contributed by atoms with Gasteiger partial charge in [0.05, 0.1) is 6.10 Å². The highest BCUT2D eigenvalue weighted by Gasteiger charge is 2.22. The third-order valence-corrected chi connectivity index (χ3v) is 3.41. The number of ether oxygens (including phenoxy) is 1. The van der Waals surface area contributed by atoms with Crippen LogP contribution in [0.25, 0.3) is 0 Å². The summed E-state index contributed by atoms with van der Waals surface area (Å²) in [5, 5.41) is 0. The van der Waals surface area contributed by atoms with Gasteiger partial charge in [0.1, 0.15) is 0 Å². The summed E-state index contributed by atoms with van der Waals surface area (Å²) in [4.78, 5) is 11.2. The Morgan fingerprint density at radius 3 is 2.67 bits per heavy atom. The largest absolute Gasteiger partial charge is 0.475 e. The highest BCUT2D eigenvalue weighted by molar-refractivity contribution is 5.51. The molecule has 5 heteroatoms. The Kier molecular flexibility index (Phi) is 3.41. The smallest absolute Gasteiger partial charge is 0.229 e. The monoisotopic (exact) mass is 284 g/mol. The minimum Gasteiger partial charge on any atom is -0.475 e. The van der Waals surface area contributed by atoms with E-state index < -0.39 is 0 Å². The molecular weight excluding hydrogens is 264 g/mol. The van der Waals surface area contributed by atoms with Crippen LogP contribution in [-0.4, -0.2) is 16.1 Å². The van der Waals surface area contributed by atoms with Crippen LogP contribution in [0.5, 0.6) is 5.88 Å². The van der Waals surface area contributed by atoms with Gasteiger partial charge in [0.15, 0.2) is 0 Å². The predicted octanol–water partition coefficient (Wildman–Crippen LogP) is 2.67. The van der Waals surface area contributed by atoms with E-state index in [1.165, 1.54) is 11.1 Å². The summed E-state index contributed by atoms with van der Waals surface area (Å²) in [5.41, 5.74) is 10.1. The fraction of sp³-hybridized carbons (Fsp3) is 0.375. The normalized spacial score (nSPS) is 13.6. The zero-order valence-corrected chi connectivity index (χ0v) is 12.6. The second-order valence-corrected chi connectivity index (χ2v) is 5.70. The third kappa shape index (κ3) is 2.91. The first-order valence-corrected chi connectivity index (χ1v) is 7.16. The number of nitrogen functional groups attached to an aromatic ring is 1. The lowest BCUT2D eigenvalue weighted by Gasteiger charge is -2.17. The van der Waals surface area contributed by atoms with Crippen molar-refractivity contribution in [2.24, 2.45) is 0 Å². The van der Waals surface area contributed by atoms with Gasteiger partial charge in [-0.2, -0.15) is 4.98 Å². The molecule has 2 heterocycles. The number of aryl methyl sites for hydroxylation is 1. The molecule has 0 amide bonds. The van der Waals surface area contributed by atoms with Crippen molar-refractivity contribution < 1.29 is 4.74 Å². The maximum absolute atomic E-state index is 5.85. The zero-order chi connectivity index (χ0) is 15.0. The van der Waals surface area contributed by atoms with Gasteiger partial charge < -0.3 is 15.4 Å². The van der Waals surface area contributed by atoms with Crippen LogP contribution in [0, 0.1) is 6.92 Å². The molecule has 2 N–H and O–H groups in total. The van der Waals surface area contributed by atoms with Crippen molar-refractivity contribution in [1.82, 2.24) is 9.97 Å². The molecule has 0 bridgehead atoms. The van der Waals surface area contributed by atoms with E-state index in [4.69, 9.17) is 10.5 Å². The van der Waals surface area contributed by atoms with Crippen LogP contribution in [0.4, 0.5) is 11.6 Å². The molecule has 5 nitrogen and oxygen atoms in total. The van der Waals surface area contributed by atoms with Crippen LogP contribution in [0.3, 0.4) is 0 Å². The minimum atomic E-state index is 0.0997. The molecule has 3 rings (SSSR count). The van der Waals surface area contributed by atoms with Crippen LogP contribution < -0.4 is 15.4 Å². The fourth-order valence-electron chi connectivity index (χ4n) is 2.52. The summed E-state index contributed by atoms with van der Waals surface area (Å²) in [7, 11) is 0. The molecule has 0 unspecified atom stereocenters. The second kappa shape index (κ2) is 5.24. The van der Waals surface area contributed by atoms with Crippen LogP contribution >= 0.6 is 0 Å². The van der Waals surface area contributed by atoms with Gasteiger partial charge in [-0.1, -0.05) is 6.07 Å². The fourth-order valence-corrected chi connectivity index (χ4v) is 2.52. The van der Waals surface area contributed by atoms with Gasteiger partial charge in [-0.3, -0.25) is 0 Å². The van der Waals surface area contributed by atoms with Crippen LogP contribution in [0.15, 0.2) is 24.3 Å². The van der Waals surface area contributed by atoms with E-state index in [9.17, 15) is 0 Å². The quantitative estimate of drug-likeness (QED) is 0.878. The summed E-state index contributed by atoms with van der Waals surface area (Å²) in [6.45, 7) is 7.53. The highest BCUT2D eigenvalue weighted by Crippen LogP contribution is 2.28. The molecule has 0 saturated carbocycles. The number of hydrogen-bond donors (Lipinski definition) is 1. The number of nitrogens with two attached hydrogens (primary N) is 1. The van der Waals surface area contributed by atoms with Gasteiger partial charge in [-0.15, -0.1) is 0 Å². The first kappa shape index (κ1) is 13.7. The number of nitrogens with zero attached hydrogens (tertiary/aromatic N) is 3. The van der Waals surface area contributed by atoms with Gasteiger partial charge >= 0.3 is 0 Å². The zero-order valence-electron chi connectivity index (χ0n) is 12.6. The lowest BCUT2D eigenvalue weighted by atomic mass is 10.1. The number of aromatic nitrogens is 2. The van der Waals surface area contributed by atoms with Crippen molar-refractivity contribution in [3.63, 3.8) is 0 Å². The molecule has 0 spiro atoms. The first-order valence-electron chi connectivity index (χ1n) is 7.16. The summed E-state index contributed by atoms with van der Waals surface area (Å²) in [6.07, 6.45) is 0.0997. The Morgan fingerprint density at radius 2 is 1.90 bits per heavy atom. The lowest BCUT2D eigenvalue weighted by molar-refractivity contribution is 0.232. The Labute approximate surface area is 124 Å². The Morgan fingerprint density at radius 1 is 1.14 bits per heavy atom. The molecule has 1 aliphatic rings. The van der Waals surface area contributed by atoms with Crippen molar-refractivity contribution in [3.05, 3.63) is 41.1 Å². The Hall–Kier alpha value is -2.30. The number of fused-ring (bicyclic) bond motifs is 1. The number of hydrogen-bond acceptors (Lipinski definition) is 5. The van der Waals surface area contributed by atoms with Crippen molar-refractivity contribution in [2.75, 3.05) is 10.6 Å². The molecule has 21 heavy (non-hydrogen) atoms. The van der Waals surface area contributed by atoms with E-state index in [0.29, 0.717) is 11.8 Å². The maximum Gasteiger partial charge on any atom is 0.229 e. The van der Waals surface area contributed by atoms with Gasteiger partial charge in [0, 0.05) is 30.5 Å². The topological polar surface area (TPSA) is 64.3 Å². The van der Waals surface area contributed by atoms with E-state index in [-0.39, 0.29) is 6.10 Å². The molecule has 1 aromatic heterocycles. The summed E-state index contributed by atoms with van der Waals surface area (Å²) in [5.74, 6) is 1.34. The molecule has 0 saturated heterocycles. The van der Waals surface area contributed by atoms with Crippen LogP contribution in [0.2, 0.25) is 0 Å². The molecule has 0 atom stereocenters. The second-order valence-electron chi connectivity index (χ2n) is 5.70. The molecule has 0 radical (unpaired) electrons. The Bertz CT molecular complexity index is 669. The molecule has 110 valence electrons. The minimum absolute atomic E-state index is 0.0997. The molecule has 2 aromatic rings. The van der Waals surface area contributed by atoms with Gasteiger partial charge in [-0.05, 0) is 44.0 Å². The van der Waals surface area contributed by atoms with Gasteiger partial charge in [0.2, 0.25) is 11.8 Å². The average Bonchev–Trinajstić information content (AvgIpc) is 2.80. The number of anilines is 2. The van der Waals surface area contributed by atoms with Crippen molar-refractivity contribution in [1.29, 1.82) is 0 Å². The lowest BCUT2D eigenvalue weighted by Crippen LogP contribution is -2.19. The van der Waals surface area contributed by atoms with E-state index >= 15 is 0 Å². The molecule has 0 fully saturated rings. The molecule has 0 aliphatic carbocycles. The average molecular weight is 284 g/mol. The summed E-state index contributed by atoms with van der Waals surface area (Å²) in [6, 6.07) is 7.90. The van der Waals surface area contributed by atoms with Crippen LogP contribution in [0.1, 0.15) is 30.7 Å². The summed E-state index contributed by atoms with van der Waals surface area (Å²) < 4.78 is 5.69. The molecule has 1 aromatic carbocycles. The van der Waals surface area contributed by atoms with Gasteiger partial charge in [0.25, 0.3) is 0 Å². The number of rotatable bonds is 3. The third-order valence-electron chi connectivity index (χ3n) is 3.41. The van der Waals surface area contributed by atoms with Crippen LogP contribution in [-0.2, 0) is 13.1 Å². The maximum atomic E-state index is 5.85. The van der Waals surface area contributed by atoms with E-state index in [1.54, 1.807) is 0 Å². The van der Waals surface area contributed by atoms with Crippen molar-refractivity contribution >= 4 is 11.6 Å². The SMILES string of the molecule is Cc1cc(OC(C)C)nc(N2Cc3ccc(N)cc3C2)n1. The predicted molar refractivity (Wildman–Crippen MR) is 83.3 cm³/mol. The Balaban J connectivity index is 1.87. The first-order chi connectivity index (χ1) is 10.0. The van der Waals surface area contributed by atoms with Gasteiger partial charge in [-0.25, -0.2) is 4.98 Å². The van der Waals surface area contributed by atoms with E-state index in [0.717, 1.165) is 24.5 Å². The molecule has 1 aliphatic heterocycles. The highest BCUT2D eigenvalue weighted by atomic mass is 16.5. The van der Waals surface area contributed by atoms with E-state index in [1.807, 2.05) is 39.0 Å². The number of benzene rings is 1. The van der Waals surface area contributed by atoms with Crippen molar-refractivity contribution in [2.45, 2.75) is 40.0 Å². The molecular formula is C16H20N4O. The van der Waals surface area contributed by atoms with Crippen molar-refractivity contribution in [3.8, 4) is 5.88 Å². The summed E-state index contributed by atoms with van der Waals surface area (Å²) >= 11 is 0.